The molecule has 0 aromatic heterocycles. The summed E-state index contributed by atoms with van der Waals surface area (Å²) in [4.78, 5) is 25.9. The van der Waals surface area contributed by atoms with E-state index in [1.807, 2.05) is 12.1 Å². The molecule has 116 valence electrons. The van der Waals surface area contributed by atoms with Gasteiger partial charge >= 0.3 is 0 Å². The van der Waals surface area contributed by atoms with Gasteiger partial charge in [-0.1, -0.05) is 49.5 Å². The Morgan fingerprint density at radius 2 is 2.05 bits per heavy atom. The molecule has 0 unspecified atom stereocenters. The summed E-state index contributed by atoms with van der Waals surface area (Å²) in [5.41, 5.74) is 1.50. The van der Waals surface area contributed by atoms with Crippen LogP contribution in [0.5, 0.6) is 0 Å². The monoisotopic (exact) mass is 334 g/mol. The number of carbonyl (C=O) groups is 2. The molecule has 0 aliphatic carbocycles. The first-order valence-electron chi connectivity index (χ1n) is 7.12. The van der Waals surface area contributed by atoms with Crippen molar-refractivity contribution >= 4 is 46.2 Å². The Morgan fingerprint density at radius 1 is 1.36 bits per heavy atom. The molecule has 1 aromatic rings. The van der Waals surface area contributed by atoms with Crippen LogP contribution in [0.1, 0.15) is 35.7 Å². The van der Waals surface area contributed by atoms with Gasteiger partial charge in [0.1, 0.15) is 4.32 Å². The van der Waals surface area contributed by atoms with Gasteiger partial charge in [-0.2, -0.15) is 0 Å². The molecule has 1 N–H and O–H groups in total. The van der Waals surface area contributed by atoms with E-state index in [2.05, 4.69) is 12.2 Å². The van der Waals surface area contributed by atoms with Crippen LogP contribution in [-0.2, 0) is 4.79 Å². The summed E-state index contributed by atoms with van der Waals surface area (Å²) in [6, 6.07) is 7.19. The molecule has 4 nitrogen and oxygen atoms in total. The molecule has 1 heterocycles. The van der Waals surface area contributed by atoms with E-state index >= 15 is 0 Å². The van der Waals surface area contributed by atoms with Crippen molar-refractivity contribution in [2.24, 2.45) is 0 Å². The van der Waals surface area contributed by atoms with Gasteiger partial charge in [-0.15, -0.1) is 0 Å². The topological polar surface area (TPSA) is 49.4 Å². The van der Waals surface area contributed by atoms with Gasteiger partial charge in [0.15, 0.2) is 0 Å². The summed E-state index contributed by atoms with van der Waals surface area (Å²) in [5, 5.41) is 2.87. The fourth-order valence-electron chi connectivity index (χ4n) is 1.91. The zero-order valence-corrected chi connectivity index (χ0v) is 14.2. The average Bonchev–Trinajstić information content (AvgIpc) is 2.75. The summed E-state index contributed by atoms with van der Waals surface area (Å²) in [6.45, 7) is 2.77. The van der Waals surface area contributed by atoms with Gasteiger partial charge in [-0.25, -0.2) is 0 Å². The third kappa shape index (κ3) is 3.96. The minimum Gasteiger partial charge on any atom is -0.352 e. The normalized spacial score (nSPS) is 16.5. The number of rotatable bonds is 5. The number of thiocarbonyl (C=S) groups is 1. The van der Waals surface area contributed by atoms with Crippen molar-refractivity contribution in [1.82, 2.24) is 10.2 Å². The Labute approximate surface area is 140 Å². The van der Waals surface area contributed by atoms with E-state index in [4.69, 9.17) is 12.2 Å². The highest BCUT2D eigenvalue weighted by molar-refractivity contribution is 8.26. The van der Waals surface area contributed by atoms with Gasteiger partial charge < -0.3 is 5.32 Å². The number of carbonyl (C=O) groups excluding carboxylic acids is 2. The van der Waals surface area contributed by atoms with E-state index in [9.17, 15) is 9.59 Å². The maximum atomic E-state index is 11.9. The molecule has 0 saturated carbocycles. The molecule has 1 saturated heterocycles. The number of unbranched alkanes of at least 4 members (excludes halogenated alkanes) is 1. The molecule has 1 aromatic carbocycles. The highest BCUT2D eigenvalue weighted by Gasteiger charge is 2.28. The maximum Gasteiger partial charge on any atom is 0.265 e. The summed E-state index contributed by atoms with van der Waals surface area (Å²) in [5.74, 6) is -0.156. The lowest BCUT2D eigenvalue weighted by atomic mass is 10.1. The van der Waals surface area contributed by atoms with Crippen molar-refractivity contribution in [2.75, 3.05) is 13.6 Å². The van der Waals surface area contributed by atoms with Crippen LogP contribution in [0.2, 0.25) is 0 Å². The molecule has 2 rings (SSSR count). The van der Waals surface area contributed by atoms with Crippen LogP contribution < -0.4 is 5.32 Å². The fourth-order valence-corrected chi connectivity index (χ4v) is 3.09. The highest BCUT2D eigenvalue weighted by atomic mass is 32.2. The Morgan fingerprint density at radius 3 is 2.59 bits per heavy atom. The van der Waals surface area contributed by atoms with Gasteiger partial charge in [-0.05, 0) is 30.2 Å². The Bertz CT molecular complexity index is 624. The lowest BCUT2D eigenvalue weighted by Crippen LogP contribution is -2.24. The molecule has 1 aliphatic rings. The Kier molecular flexibility index (Phi) is 5.74. The highest BCUT2D eigenvalue weighted by Crippen LogP contribution is 2.31. The second kappa shape index (κ2) is 7.56. The van der Waals surface area contributed by atoms with Crippen LogP contribution in [-0.4, -0.2) is 34.6 Å². The molecule has 1 fully saturated rings. The number of benzene rings is 1. The number of likely N-dealkylation sites (N-methyl/N-ethyl adjacent to an activating group) is 1. The van der Waals surface area contributed by atoms with Crippen molar-refractivity contribution in [1.29, 1.82) is 0 Å². The molecule has 0 spiro atoms. The zero-order chi connectivity index (χ0) is 16.1. The lowest BCUT2D eigenvalue weighted by molar-refractivity contribution is -0.121. The van der Waals surface area contributed by atoms with Gasteiger partial charge in [0, 0.05) is 19.2 Å². The van der Waals surface area contributed by atoms with E-state index in [-0.39, 0.29) is 11.8 Å². The zero-order valence-electron chi connectivity index (χ0n) is 12.6. The standard InChI is InChI=1S/C16H18N2O2S2/c1-3-4-9-17-14(19)12-7-5-11(6-8-12)10-13-15(20)18(2)16(21)22-13/h5-8,10H,3-4,9H2,1-2H3,(H,17,19)/b13-10-. The number of amides is 2. The SMILES string of the molecule is CCCCNC(=O)c1ccc(/C=C2\SC(=S)N(C)C2=O)cc1. The van der Waals surface area contributed by atoms with Crippen LogP contribution in [0.15, 0.2) is 29.2 Å². The number of hydrogen-bond donors (Lipinski definition) is 1. The summed E-state index contributed by atoms with van der Waals surface area (Å²) in [7, 11) is 1.67. The first-order chi connectivity index (χ1) is 10.5. The maximum absolute atomic E-state index is 11.9. The van der Waals surface area contributed by atoms with E-state index in [0.717, 1.165) is 18.4 Å². The van der Waals surface area contributed by atoms with Crippen molar-refractivity contribution in [2.45, 2.75) is 19.8 Å². The van der Waals surface area contributed by atoms with Crippen molar-refractivity contribution < 1.29 is 9.59 Å². The van der Waals surface area contributed by atoms with Crippen molar-refractivity contribution in [3.63, 3.8) is 0 Å². The summed E-state index contributed by atoms with van der Waals surface area (Å²) in [6.07, 6.45) is 3.82. The molecule has 2 amide bonds. The lowest BCUT2D eigenvalue weighted by Gasteiger charge is -2.05. The quantitative estimate of drug-likeness (QED) is 0.511. The molecular weight excluding hydrogens is 316 g/mol. The first-order valence-corrected chi connectivity index (χ1v) is 8.35. The molecule has 0 bridgehead atoms. The molecule has 22 heavy (non-hydrogen) atoms. The molecule has 0 atom stereocenters. The molecule has 0 radical (unpaired) electrons. The predicted octanol–water partition coefficient (Wildman–Crippen LogP) is 3.05. The largest absolute Gasteiger partial charge is 0.352 e. The molecule has 6 heteroatoms. The minimum atomic E-state index is -0.0867. The van der Waals surface area contributed by atoms with Crippen LogP contribution in [0.3, 0.4) is 0 Å². The van der Waals surface area contributed by atoms with Gasteiger partial charge in [0.25, 0.3) is 11.8 Å². The summed E-state index contributed by atoms with van der Waals surface area (Å²) < 4.78 is 0.558. The Balaban J connectivity index is 2.05. The third-order valence-electron chi connectivity index (χ3n) is 3.27. The van der Waals surface area contributed by atoms with Gasteiger partial charge in [-0.3, -0.25) is 14.5 Å². The number of hydrogen-bond acceptors (Lipinski definition) is 4. The van der Waals surface area contributed by atoms with Crippen LogP contribution in [0.4, 0.5) is 0 Å². The van der Waals surface area contributed by atoms with Crippen LogP contribution in [0, 0.1) is 0 Å². The van der Waals surface area contributed by atoms with Crippen molar-refractivity contribution in [3.05, 3.63) is 40.3 Å². The van der Waals surface area contributed by atoms with Crippen LogP contribution >= 0.6 is 24.0 Å². The fraction of sp³-hybridized carbons (Fsp3) is 0.312. The number of nitrogens with one attached hydrogen (secondary N) is 1. The van der Waals surface area contributed by atoms with E-state index in [1.165, 1.54) is 16.7 Å². The number of thioether (sulfide) groups is 1. The van der Waals surface area contributed by atoms with E-state index in [0.29, 0.717) is 21.3 Å². The first kappa shape index (κ1) is 16.7. The smallest absolute Gasteiger partial charge is 0.265 e. The second-order valence-corrected chi connectivity index (χ2v) is 6.65. The second-order valence-electron chi connectivity index (χ2n) is 4.97. The number of nitrogens with zero attached hydrogens (tertiary/aromatic N) is 1. The Hall–Kier alpha value is -1.66. The van der Waals surface area contributed by atoms with E-state index in [1.54, 1.807) is 25.3 Å². The average molecular weight is 334 g/mol. The van der Waals surface area contributed by atoms with Gasteiger partial charge in [0.05, 0.1) is 4.91 Å². The summed E-state index contributed by atoms with van der Waals surface area (Å²) >= 11 is 6.38. The van der Waals surface area contributed by atoms with Crippen LogP contribution in [0.25, 0.3) is 6.08 Å². The third-order valence-corrected chi connectivity index (χ3v) is 4.76. The minimum absolute atomic E-state index is 0.0696. The van der Waals surface area contributed by atoms with Gasteiger partial charge in [0.2, 0.25) is 0 Å². The molecule has 1 aliphatic heterocycles. The predicted molar refractivity (Wildman–Crippen MR) is 94.6 cm³/mol. The molecular formula is C16H18N2O2S2. The van der Waals surface area contributed by atoms with Crippen molar-refractivity contribution in [3.8, 4) is 0 Å². The van der Waals surface area contributed by atoms with E-state index < -0.39 is 0 Å².